The van der Waals surface area contributed by atoms with Gasteiger partial charge in [-0.05, 0) is 18.2 Å². The average Bonchev–Trinajstić information content (AvgIpc) is 2.15. The van der Waals surface area contributed by atoms with Crippen LogP contribution in [-0.4, -0.2) is 38.1 Å². The third-order valence-electron chi connectivity index (χ3n) is 1.89. The fraction of sp³-hybridized carbons (Fsp3) is 0.300. The van der Waals surface area contributed by atoms with Crippen LogP contribution in [0, 0.1) is 0 Å². The van der Waals surface area contributed by atoms with Crippen LogP contribution in [0.1, 0.15) is 10.4 Å². The first-order chi connectivity index (χ1) is 7.79. The summed E-state index contributed by atoms with van der Waals surface area (Å²) in [5.74, 6) is -1.12. The van der Waals surface area contributed by atoms with Crippen molar-refractivity contribution in [3.63, 3.8) is 0 Å². The van der Waals surface area contributed by atoms with Gasteiger partial charge in [0, 0.05) is 10.7 Å². The highest BCUT2D eigenvalue weighted by Crippen LogP contribution is 2.23. The van der Waals surface area contributed by atoms with Gasteiger partial charge >= 0.3 is 5.97 Å². The zero-order valence-electron chi connectivity index (χ0n) is 9.01. The van der Waals surface area contributed by atoms with Gasteiger partial charge in [0.15, 0.2) is 9.84 Å². The summed E-state index contributed by atoms with van der Waals surface area (Å²) in [5, 5.41) is 8.90. The number of hydrogen-bond donors (Lipinski definition) is 1. The molecule has 0 bridgehead atoms. The maximum absolute atomic E-state index is 10.9. The van der Waals surface area contributed by atoms with Crippen LogP contribution >= 0.6 is 15.9 Å². The lowest BCUT2D eigenvalue weighted by Crippen LogP contribution is -2.13. The quantitative estimate of drug-likeness (QED) is 0.890. The summed E-state index contributed by atoms with van der Waals surface area (Å²) in [5.41, 5.74) is 0.00158. The van der Waals surface area contributed by atoms with Gasteiger partial charge in [-0.2, -0.15) is 0 Å². The van der Waals surface area contributed by atoms with Crippen molar-refractivity contribution in [3.8, 4) is 5.75 Å². The highest BCUT2D eigenvalue weighted by atomic mass is 79.9. The molecule has 0 amide bonds. The van der Waals surface area contributed by atoms with Crippen molar-refractivity contribution in [1.82, 2.24) is 0 Å². The molecule has 0 heterocycles. The maximum atomic E-state index is 10.9. The standard InChI is InChI=1S/C10H11BrO5S/c1-17(14,15)5-4-16-9-6-7(11)2-3-8(9)10(12)13/h2-3,6H,4-5H2,1H3,(H,12,13). The van der Waals surface area contributed by atoms with Gasteiger partial charge < -0.3 is 9.84 Å². The third kappa shape index (κ3) is 4.74. The largest absolute Gasteiger partial charge is 0.492 e. The molecule has 5 nitrogen and oxygen atoms in total. The van der Waals surface area contributed by atoms with E-state index in [1.807, 2.05) is 0 Å². The van der Waals surface area contributed by atoms with E-state index in [0.717, 1.165) is 6.26 Å². The number of ether oxygens (including phenoxy) is 1. The lowest BCUT2D eigenvalue weighted by molar-refractivity contribution is 0.0692. The van der Waals surface area contributed by atoms with Crippen LogP contribution in [0.4, 0.5) is 0 Å². The summed E-state index contributed by atoms with van der Waals surface area (Å²) < 4.78 is 27.6. The van der Waals surface area contributed by atoms with E-state index in [1.165, 1.54) is 12.1 Å². The number of sulfone groups is 1. The summed E-state index contributed by atoms with van der Waals surface area (Å²) >= 11 is 3.19. The molecule has 0 aliphatic carbocycles. The van der Waals surface area contributed by atoms with Crippen molar-refractivity contribution in [1.29, 1.82) is 0 Å². The summed E-state index contributed by atoms with van der Waals surface area (Å²) in [6.45, 7) is -0.0738. The molecule has 0 aromatic heterocycles. The van der Waals surface area contributed by atoms with Crippen molar-refractivity contribution >= 4 is 31.7 Å². The van der Waals surface area contributed by atoms with E-state index in [0.29, 0.717) is 4.47 Å². The number of aromatic carboxylic acids is 1. The second-order valence-corrected chi connectivity index (χ2v) is 6.60. The Morgan fingerprint density at radius 1 is 1.47 bits per heavy atom. The predicted molar refractivity (Wildman–Crippen MR) is 66.3 cm³/mol. The molecule has 17 heavy (non-hydrogen) atoms. The molecule has 1 aromatic carbocycles. The number of carboxylic acid groups (broad SMARTS) is 1. The summed E-state index contributed by atoms with van der Waals surface area (Å²) in [6.07, 6.45) is 1.09. The van der Waals surface area contributed by atoms with Gasteiger partial charge in [-0.1, -0.05) is 15.9 Å². The molecule has 0 radical (unpaired) electrons. The zero-order chi connectivity index (χ0) is 13.1. The predicted octanol–water partition coefficient (Wildman–Crippen LogP) is 1.57. The molecule has 0 unspecified atom stereocenters. The van der Waals surface area contributed by atoms with Gasteiger partial charge in [0.05, 0.1) is 5.75 Å². The van der Waals surface area contributed by atoms with E-state index in [-0.39, 0.29) is 23.7 Å². The molecular weight excluding hydrogens is 312 g/mol. The Labute approximate surface area is 107 Å². The van der Waals surface area contributed by atoms with Crippen LogP contribution in [0.3, 0.4) is 0 Å². The van der Waals surface area contributed by atoms with E-state index >= 15 is 0 Å². The molecule has 1 N–H and O–H groups in total. The first-order valence-corrected chi connectivity index (χ1v) is 7.48. The first-order valence-electron chi connectivity index (χ1n) is 4.63. The van der Waals surface area contributed by atoms with Crippen molar-refractivity contribution in [3.05, 3.63) is 28.2 Å². The molecule has 0 saturated carbocycles. The molecule has 1 rings (SSSR count). The molecule has 0 saturated heterocycles. The Kier molecular flexibility index (Phi) is 4.53. The van der Waals surface area contributed by atoms with E-state index in [9.17, 15) is 13.2 Å². The first kappa shape index (κ1) is 14.0. The molecule has 7 heteroatoms. The average molecular weight is 323 g/mol. The normalized spacial score (nSPS) is 11.2. The van der Waals surface area contributed by atoms with Crippen molar-refractivity contribution in [2.75, 3.05) is 18.6 Å². The summed E-state index contributed by atoms with van der Waals surface area (Å²) in [6, 6.07) is 4.46. The Bertz CT molecular complexity index is 523. The summed E-state index contributed by atoms with van der Waals surface area (Å²) in [4.78, 5) is 10.9. The number of halogens is 1. The zero-order valence-corrected chi connectivity index (χ0v) is 11.4. The Balaban J connectivity index is 2.82. The Morgan fingerprint density at radius 2 is 2.12 bits per heavy atom. The number of carbonyl (C=O) groups is 1. The van der Waals surface area contributed by atoms with E-state index in [2.05, 4.69) is 15.9 Å². The van der Waals surface area contributed by atoms with Gasteiger partial charge in [0.25, 0.3) is 0 Å². The van der Waals surface area contributed by atoms with Gasteiger partial charge in [-0.3, -0.25) is 0 Å². The van der Waals surface area contributed by atoms with Gasteiger partial charge in [0.1, 0.15) is 17.9 Å². The van der Waals surface area contributed by atoms with Gasteiger partial charge in [-0.15, -0.1) is 0 Å². The highest BCUT2D eigenvalue weighted by molar-refractivity contribution is 9.10. The number of carboxylic acids is 1. The molecular formula is C10H11BrO5S. The molecule has 0 spiro atoms. The highest BCUT2D eigenvalue weighted by Gasteiger charge is 2.12. The van der Waals surface area contributed by atoms with Crippen LogP contribution in [0.15, 0.2) is 22.7 Å². The van der Waals surface area contributed by atoms with Crippen LogP contribution in [0.25, 0.3) is 0 Å². The number of benzene rings is 1. The van der Waals surface area contributed by atoms with E-state index in [1.54, 1.807) is 6.07 Å². The second-order valence-electron chi connectivity index (χ2n) is 3.42. The maximum Gasteiger partial charge on any atom is 0.339 e. The van der Waals surface area contributed by atoms with Crippen molar-refractivity contribution in [2.45, 2.75) is 0 Å². The summed E-state index contributed by atoms with van der Waals surface area (Å²) in [7, 11) is -3.12. The Hall–Kier alpha value is -1.08. The van der Waals surface area contributed by atoms with E-state index < -0.39 is 15.8 Å². The van der Waals surface area contributed by atoms with Crippen LogP contribution in [-0.2, 0) is 9.84 Å². The van der Waals surface area contributed by atoms with Crippen LogP contribution < -0.4 is 4.74 Å². The third-order valence-corrected chi connectivity index (χ3v) is 3.29. The molecule has 94 valence electrons. The topological polar surface area (TPSA) is 80.7 Å². The molecule has 0 fully saturated rings. The van der Waals surface area contributed by atoms with Crippen LogP contribution in [0.2, 0.25) is 0 Å². The Morgan fingerprint density at radius 3 is 2.65 bits per heavy atom. The van der Waals surface area contributed by atoms with Crippen molar-refractivity contribution < 1.29 is 23.1 Å². The number of rotatable bonds is 5. The monoisotopic (exact) mass is 322 g/mol. The molecule has 0 aliphatic heterocycles. The SMILES string of the molecule is CS(=O)(=O)CCOc1cc(Br)ccc1C(=O)O. The van der Waals surface area contributed by atoms with E-state index in [4.69, 9.17) is 9.84 Å². The van der Waals surface area contributed by atoms with Crippen molar-refractivity contribution in [2.24, 2.45) is 0 Å². The lowest BCUT2D eigenvalue weighted by Gasteiger charge is -2.08. The number of hydrogen-bond acceptors (Lipinski definition) is 4. The molecule has 0 atom stereocenters. The smallest absolute Gasteiger partial charge is 0.339 e. The minimum atomic E-state index is -3.12. The minimum Gasteiger partial charge on any atom is -0.492 e. The second kappa shape index (κ2) is 5.50. The van der Waals surface area contributed by atoms with Gasteiger partial charge in [0.2, 0.25) is 0 Å². The van der Waals surface area contributed by atoms with Gasteiger partial charge in [-0.25, -0.2) is 13.2 Å². The fourth-order valence-electron chi connectivity index (χ4n) is 1.10. The fourth-order valence-corrected chi connectivity index (χ4v) is 1.82. The molecule has 1 aromatic rings. The molecule has 0 aliphatic rings. The lowest BCUT2D eigenvalue weighted by atomic mass is 10.2. The minimum absolute atomic E-state index is 0.00158. The van der Waals surface area contributed by atoms with Crippen LogP contribution in [0.5, 0.6) is 5.75 Å².